The third kappa shape index (κ3) is 1.32. The molecule has 0 saturated carbocycles. The van der Waals surface area contributed by atoms with Crippen molar-refractivity contribution in [2.24, 2.45) is 9.98 Å². The molecular formula is C7H8N2S2Si. The first kappa shape index (κ1) is 8.34. The highest BCUT2D eigenvalue weighted by atomic mass is 32.3. The minimum atomic E-state index is -0.645. The summed E-state index contributed by atoms with van der Waals surface area (Å²) in [5, 5.41) is 1.88. The highest BCUT2D eigenvalue weighted by Crippen LogP contribution is 2.17. The Morgan fingerprint density at radius 2 is 1.67 bits per heavy atom. The normalized spacial score (nSPS) is 18.8. The van der Waals surface area contributed by atoms with Gasteiger partial charge in [-0.2, -0.15) is 0 Å². The standard InChI is InChI=1S/C7H8N2S2Si/c10-7(12-11)8-5-3-1-2-4-6(5)9-7/h1-4,10-11H,12H2. The molecule has 0 bridgehead atoms. The van der Waals surface area contributed by atoms with Crippen molar-refractivity contribution >= 4 is 33.4 Å². The Kier molecular flexibility index (Phi) is 2.02. The molecule has 1 heterocycles. The molecule has 12 heavy (non-hydrogen) atoms. The van der Waals surface area contributed by atoms with Gasteiger partial charge in [0.2, 0.25) is 0 Å². The van der Waals surface area contributed by atoms with Crippen molar-refractivity contribution in [2.45, 2.75) is 4.62 Å². The van der Waals surface area contributed by atoms with Crippen LogP contribution in [0.2, 0.25) is 0 Å². The summed E-state index contributed by atoms with van der Waals surface area (Å²) in [6.45, 7) is 0. The summed E-state index contributed by atoms with van der Waals surface area (Å²) >= 11 is 8.66. The van der Waals surface area contributed by atoms with E-state index in [4.69, 9.17) is 0 Å². The molecule has 5 heteroatoms. The van der Waals surface area contributed by atoms with Crippen LogP contribution in [-0.2, 0) is 0 Å². The SMILES string of the molecule is S[SiH2]C1(S)N=c2ccccc2=N1. The lowest BCUT2D eigenvalue weighted by molar-refractivity contribution is 0.894. The summed E-state index contributed by atoms with van der Waals surface area (Å²) in [6, 6.07) is 7.82. The molecule has 0 fully saturated rings. The molecule has 0 N–H and O–H groups in total. The predicted molar refractivity (Wildman–Crippen MR) is 58.0 cm³/mol. The number of benzene rings is 1. The molecule has 62 valence electrons. The molecule has 1 aliphatic rings. The van der Waals surface area contributed by atoms with E-state index in [-0.39, 0.29) is 0 Å². The number of rotatable bonds is 1. The molecule has 0 unspecified atom stereocenters. The van der Waals surface area contributed by atoms with Gasteiger partial charge in [0, 0.05) is 0 Å². The van der Waals surface area contributed by atoms with E-state index in [9.17, 15) is 0 Å². The van der Waals surface area contributed by atoms with Crippen LogP contribution in [0, 0.1) is 0 Å². The summed E-state index contributed by atoms with van der Waals surface area (Å²) in [5.41, 5.74) is 0. The lowest BCUT2D eigenvalue weighted by Gasteiger charge is -2.10. The maximum absolute atomic E-state index is 4.38. The number of thiol groups is 2. The molecule has 0 atom stereocenters. The van der Waals surface area contributed by atoms with Gasteiger partial charge >= 0.3 is 0 Å². The van der Waals surface area contributed by atoms with E-state index in [1.54, 1.807) is 0 Å². The minimum absolute atomic E-state index is 0.507. The van der Waals surface area contributed by atoms with Crippen molar-refractivity contribution in [1.29, 1.82) is 0 Å². The molecule has 0 amide bonds. The van der Waals surface area contributed by atoms with E-state index in [1.807, 2.05) is 24.3 Å². The molecule has 1 aliphatic heterocycles. The van der Waals surface area contributed by atoms with Crippen LogP contribution in [0.1, 0.15) is 0 Å². The first-order chi connectivity index (χ1) is 5.73. The Hall–Kier alpha value is -0.263. The second-order valence-corrected chi connectivity index (χ2v) is 6.21. The van der Waals surface area contributed by atoms with E-state index in [0.29, 0.717) is 0 Å². The second-order valence-electron chi connectivity index (χ2n) is 2.64. The summed E-state index contributed by atoms with van der Waals surface area (Å²) in [6.07, 6.45) is 0. The lowest BCUT2D eigenvalue weighted by Crippen LogP contribution is -2.19. The summed E-state index contributed by atoms with van der Waals surface area (Å²) < 4.78 is -0.507. The Labute approximate surface area is 83.1 Å². The number of fused-ring (bicyclic) bond motifs is 1. The van der Waals surface area contributed by atoms with Gasteiger partial charge in [0.1, 0.15) is 0 Å². The highest BCUT2D eigenvalue weighted by molar-refractivity contribution is 8.09. The van der Waals surface area contributed by atoms with Gasteiger partial charge in [-0.15, -0.1) is 12.6 Å². The summed E-state index contributed by atoms with van der Waals surface area (Å²) in [7, 11) is -0.645. The van der Waals surface area contributed by atoms with Crippen LogP contribution in [-0.4, -0.2) is 13.3 Å². The van der Waals surface area contributed by atoms with Crippen molar-refractivity contribution in [3.05, 3.63) is 35.0 Å². The van der Waals surface area contributed by atoms with Gasteiger partial charge in [-0.05, 0) is 12.1 Å². The first-order valence-corrected chi connectivity index (χ1v) is 7.30. The largest absolute Gasteiger partial charge is 0.247 e. The van der Waals surface area contributed by atoms with Crippen LogP contribution in [0.3, 0.4) is 0 Å². The second kappa shape index (κ2) is 2.90. The van der Waals surface area contributed by atoms with E-state index >= 15 is 0 Å². The molecule has 0 radical (unpaired) electrons. The predicted octanol–water partition coefficient (Wildman–Crippen LogP) is -0.506. The van der Waals surface area contributed by atoms with Crippen LogP contribution in [0.5, 0.6) is 0 Å². The average molecular weight is 212 g/mol. The number of nitrogens with zero attached hydrogens (tertiary/aromatic N) is 2. The van der Waals surface area contributed by atoms with Gasteiger partial charge in [0.15, 0.2) is 13.3 Å². The smallest absolute Gasteiger partial charge is 0.182 e. The van der Waals surface area contributed by atoms with Gasteiger partial charge in [-0.3, -0.25) is 0 Å². The van der Waals surface area contributed by atoms with Gasteiger partial charge in [0.05, 0.1) is 10.7 Å². The van der Waals surface area contributed by atoms with Crippen molar-refractivity contribution < 1.29 is 0 Å². The average Bonchev–Trinajstić information content (AvgIpc) is 2.42. The van der Waals surface area contributed by atoms with E-state index in [0.717, 1.165) is 10.7 Å². The topological polar surface area (TPSA) is 24.7 Å². The van der Waals surface area contributed by atoms with Gasteiger partial charge < -0.3 is 0 Å². The van der Waals surface area contributed by atoms with Crippen molar-refractivity contribution in [1.82, 2.24) is 0 Å². The maximum atomic E-state index is 4.38. The zero-order valence-corrected chi connectivity index (χ0v) is 9.51. The van der Waals surface area contributed by atoms with E-state index in [1.165, 1.54) is 0 Å². The minimum Gasteiger partial charge on any atom is -0.247 e. The van der Waals surface area contributed by atoms with Crippen LogP contribution >= 0.6 is 24.7 Å². The number of hydrogen-bond acceptors (Lipinski definition) is 4. The van der Waals surface area contributed by atoms with E-state index in [2.05, 4.69) is 34.7 Å². The Morgan fingerprint density at radius 3 is 2.08 bits per heavy atom. The highest BCUT2D eigenvalue weighted by Gasteiger charge is 2.23. The van der Waals surface area contributed by atoms with Crippen molar-refractivity contribution in [3.63, 3.8) is 0 Å². The lowest BCUT2D eigenvalue weighted by atomic mass is 10.3. The van der Waals surface area contributed by atoms with Crippen LogP contribution in [0.15, 0.2) is 34.3 Å². The third-order valence-corrected chi connectivity index (χ3v) is 5.18. The molecule has 2 nitrogen and oxygen atoms in total. The molecular weight excluding hydrogens is 204 g/mol. The van der Waals surface area contributed by atoms with Gasteiger partial charge in [-0.1, -0.05) is 12.1 Å². The van der Waals surface area contributed by atoms with Crippen molar-refractivity contribution in [3.8, 4) is 0 Å². The fraction of sp³-hybridized carbons (Fsp3) is 0.143. The molecule has 0 aromatic heterocycles. The van der Waals surface area contributed by atoms with Gasteiger partial charge in [0.25, 0.3) is 0 Å². The Bertz CT molecular complexity index is 383. The van der Waals surface area contributed by atoms with Crippen LogP contribution in [0.25, 0.3) is 0 Å². The summed E-state index contributed by atoms with van der Waals surface area (Å²) in [5.74, 6) is 0. The fourth-order valence-corrected chi connectivity index (χ4v) is 2.26. The molecule has 2 rings (SSSR count). The number of hydrogen-bond donors (Lipinski definition) is 2. The van der Waals surface area contributed by atoms with Crippen LogP contribution in [0.4, 0.5) is 0 Å². The monoisotopic (exact) mass is 212 g/mol. The molecule has 1 aromatic rings. The van der Waals surface area contributed by atoms with E-state index < -0.39 is 13.3 Å². The zero-order chi connectivity index (χ0) is 8.60. The molecule has 0 saturated heterocycles. The Balaban J connectivity index is 2.68. The van der Waals surface area contributed by atoms with Crippen LogP contribution < -0.4 is 10.7 Å². The Morgan fingerprint density at radius 1 is 1.17 bits per heavy atom. The maximum Gasteiger partial charge on any atom is 0.182 e. The first-order valence-electron chi connectivity index (χ1n) is 3.62. The van der Waals surface area contributed by atoms with Crippen molar-refractivity contribution in [2.75, 3.05) is 0 Å². The van der Waals surface area contributed by atoms with Gasteiger partial charge in [-0.25, -0.2) is 22.1 Å². The molecule has 1 aromatic carbocycles. The summed E-state index contributed by atoms with van der Waals surface area (Å²) in [4.78, 5) is 8.77. The number of para-hydroxylation sites is 2. The molecule has 0 aliphatic carbocycles. The molecule has 0 spiro atoms. The fourth-order valence-electron chi connectivity index (χ4n) is 1.13. The zero-order valence-electron chi connectivity index (χ0n) is 6.31. The quantitative estimate of drug-likeness (QED) is 0.463. The third-order valence-electron chi connectivity index (χ3n) is 1.69.